The minimum atomic E-state index is -3.31. The van der Waals surface area contributed by atoms with Gasteiger partial charge in [0, 0.05) is 6.54 Å². The van der Waals surface area contributed by atoms with Crippen LogP contribution in [-0.2, 0) is 9.84 Å². The summed E-state index contributed by atoms with van der Waals surface area (Å²) in [7, 11) is -3.31. The summed E-state index contributed by atoms with van der Waals surface area (Å²) in [6, 6.07) is 13.8. The van der Waals surface area contributed by atoms with E-state index in [2.05, 4.69) is 10.3 Å². The van der Waals surface area contributed by atoms with Crippen LogP contribution in [0.4, 0.5) is 5.82 Å². The first kappa shape index (κ1) is 15.0. The maximum Gasteiger partial charge on any atom is 0.180 e. The molecule has 1 aromatic carbocycles. The summed E-state index contributed by atoms with van der Waals surface area (Å²) in [5.41, 5.74) is 1.13. The predicted octanol–water partition coefficient (Wildman–Crippen LogP) is 2.15. The van der Waals surface area contributed by atoms with Gasteiger partial charge in [-0.15, -0.1) is 0 Å². The molecule has 0 saturated heterocycles. The van der Waals surface area contributed by atoms with E-state index >= 15 is 0 Å². The quantitative estimate of drug-likeness (QED) is 0.915. The molecule has 5 nitrogen and oxygen atoms in total. The lowest BCUT2D eigenvalue weighted by atomic mass is 10.2. The third kappa shape index (κ3) is 3.80. The Morgan fingerprint density at radius 3 is 2.57 bits per heavy atom. The molecule has 1 aromatic heterocycles. The molecule has 0 fully saturated rings. The first-order valence-electron chi connectivity index (χ1n) is 6.42. The molecule has 21 heavy (non-hydrogen) atoms. The highest BCUT2D eigenvalue weighted by Gasteiger charge is 2.13. The summed E-state index contributed by atoms with van der Waals surface area (Å²) in [6.45, 7) is 2.04. The number of rotatable bonds is 5. The topological polar surface area (TPSA) is 82.8 Å². The van der Waals surface area contributed by atoms with Crippen LogP contribution in [0.1, 0.15) is 11.3 Å². The van der Waals surface area contributed by atoms with Crippen molar-refractivity contribution in [2.24, 2.45) is 0 Å². The van der Waals surface area contributed by atoms with Crippen molar-refractivity contribution in [3.8, 4) is 6.07 Å². The molecule has 0 radical (unpaired) electrons. The molecule has 0 atom stereocenters. The molecule has 108 valence electrons. The summed E-state index contributed by atoms with van der Waals surface area (Å²) >= 11 is 0. The van der Waals surface area contributed by atoms with Crippen LogP contribution in [0.15, 0.2) is 47.4 Å². The number of anilines is 1. The van der Waals surface area contributed by atoms with Crippen molar-refractivity contribution in [2.45, 2.75) is 11.8 Å². The molecule has 6 heteroatoms. The van der Waals surface area contributed by atoms with E-state index in [1.807, 2.05) is 6.07 Å². The van der Waals surface area contributed by atoms with Crippen LogP contribution in [-0.4, -0.2) is 25.7 Å². The van der Waals surface area contributed by atoms with Gasteiger partial charge in [0.15, 0.2) is 9.84 Å². The normalized spacial score (nSPS) is 10.9. The Morgan fingerprint density at radius 1 is 1.19 bits per heavy atom. The monoisotopic (exact) mass is 301 g/mol. The molecular weight excluding hydrogens is 286 g/mol. The molecule has 0 amide bonds. The summed E-state index contributed by atoms with van der Waals surface area (Å²) < 4.78 is 24.2. The Labute approximate surface area is 124 Å². The van der Waals surface area contributed by atoms with Gasteiger partial charge < -0.3 is 5.32 Å². The number of pyridine rings is 1. The first-order valence-corrected chi connectivity index (χ1v) is 8.07. The first-order chi connectivity index (χ1) is 10.0. The van der Waals surface area contributed by atoms with Gasteiger partial charge in [-0.05, 0) is 30.7 Å². The molecule has 0 bridgehead atoms. The molecule has 2 aromatic rings. The minimum absolute atomic E-state index is 0.0333. The fraction of sp³-hybridized carbons (Fsp3) is 0.200. The fourth-order valence-electron chi connectivity index (χ4n) is 1.80. The van der Waals surface area contributed by atoms with Crippen molar-refractivity contribution in [3.05, 3.63) is 53.7 Å². The molecule has 0 saturated carbocycles. The second-order valence-corrected chi connectivity index (χ2v) is 6.64. The van der Waals surface area contributed by atoms with Crippen LogP contribution in [0.3, 0.4) is 0 Å². The Hall–Kier alpha value is -2.39. The van der Waals surface area contributed by atoms with E-state index in [1.54, 1.807) is 49.4 Å². The molecular formula is C15H15N3O2S. The Balaban J connectivity index is 2.01. The fourth-order valence-corrected chi connectivity index (χ4v) is 2.98. The second kappa shape index (κ2) is 6.37. The van der Waals surface area contributed by atoms with E-state index in [4.69, 9.17) is 5.26 Å². The second-order valence-electron chi connectivity index (χ2n) is 4.53. The van der Waals surface area contributed by atoms with E-state index in [9.17, 15) is 8.42 Å². The smallest absolute Gasteiger partial charge is 0.180 e. The van der Waals surface area contributed by atoms with E-state index in [-0.39, 0.29) is 12.3 Å². The van der Waals surface area contributed by atoms with Crippen LogP contribution in [0.5, 0.6) is 0 Å². The third-order valence-corrected chi connectivity index (χ3v) is 4.71. The largest absolute Gasteiger partial charge is 0.369 e. The standard InChI is InChI=1S/C15H15N3O2S/c1-12-7-8-15(18-14(12)11-16)17-9-10-21(19,20)13-5-3-2-4-6-13/h2-8H,9-10H2,1H3,(H,17,18). The van der Waals surface area contributed by atoms with Crippen molar-refractivity contribution in [1.82, 2.24) is 4.98 Å². The van der Waals surface area contributed by atoms with Crippen molar-refractivity contribution in [3.63, 3.8) is 0 Å². The van der Waals surface area contributed by atoms with Gasteiger partial charge in [0.1, 0.15) is 17.6 Å². The number of hydrogen-bond donors (Lipinski definition) is 1. The third-order valence-electron chi connectivity index (χ3n) is 2.98. The molecule has 0 unspecified atom stereocenters. The van der Waals surface area contributed by atoms with E-state index in [0.29, 0.717) is 16.4 Å². The van der Waals surface area contributed by atoms with Gasteiger partial charge in [0.25, 0.3) is 0 Å². The van der Waals surface area contributed by atoms with Crippen molar-refractivity contribution in [1.29, 1.82) is 5.26 Å². The van der Waals surface area contributed by atoms with Gasteiger partial charge in [-0.3, -0.25) is 0 Å². The van der Waals surface area contributed by atoms with E-state index in [1.165, 1.54) is 0 Å². The molecule has 0 aliphatic rings. The highest BCUT2D eigenvalue weighted by atomic mass is 32.2. The summed E-state index contributed by atoms with van der Waals surface area (Å²) in [4.78, 5) is 4.42. The van der Waals surface area contributed by atoms with Crippen LogP contribution < -0.4 is 5.32 Å². The number of aromatic nitrogens is 1. The highest BCUT2D eigenvalue weighted by molar-refractivity contribution is 7.91. The summed E-state index contributed by atoms with van der Waals surface area (Å²) in [5.74, 6) is 0.467. The Kier molecular flexibility index (Phi) is 4.55. The van der Waals surface area contributed by atoms with Crippen LogP contribution in [0.25, 0.3) is 0 Å². The predicted molar refractivity (Wildman–Crippen MR) is 80.7 cm³/mol. The molecule has 2 rings (SSSR count). The Bertz CT molecular complexity index is 765. The number of nitrogens with one attached hydrogen (secondary N) is 1. The van der Waals surface area contributed by atoms with Crippen molar-refractivity contribution < 1.29 is 8.42 Å². The minimum Gasteiger partial charge on any atom is -0.369 e. The maximum atomic E-state index is 12.1. The lowest BCUT2D eigenvalue weighted by Crippen LogP contribution is -2.16. The van der Waals surface area contributed by atoms with Crippen molar-refractivity contribution >= 4 is 15.7 Å². The lowest BCUT2D eigenvalue weighted by Gasteiger charge is -2.07. The molecule has 0 spiro atoms. The zero-order valence-electron chi connectivity index (χ0n) is 11.6. The van der Waals surface area contributed by atoms with Gasteiger partial charge >= 0.3 is 0 Å². The number of nitrogens with zero attached hydrogens (tertiary/aromatic N) is 2. The average Bonchev–Trinajstić information content (AvgIpc) is 2.49. The van der Waals surface area contributed by atoms with Crippen LogP contribution in [0.2, 0.25) is 0 Å². The highest BCUT2D eigenvalue weighted by Crippen LogP contribution is 2.12. The SMILES string of the molecule is Cc1ccc(NCCS(=O)(=O)c2ccccc2)nc1C#N. The number of nitriles is 1. The molecule has 0 aliphatic carbocycles. The average molecular weight is 301 g/mol. The molecule has 1 heterocycles. The molecule has 1 N–H and O–H groups in total. The van der Waals surface area contributed by atoms with Gasteiger partial charge in [-0.25, -0.2) is 13.4 Å². The number of benzene rings is 1. The van der Waals surface area contributed by atoms with E-state index < -0.39 is 9.84 Å². The Morgan fingerprint density at radius 2 is 1.90 bits per heavy atom. The van der Waals surface area contributed by atoms with Crippen LogP contribution >= 0.6 is 0 Å². The summed E-state index contributed by atoms with van der Waals surface area (Å²) in [6.07, 6.45) is 0. The zero-order chi connectivity index (χ0) is 15.3. The lowest BCUT2D eigenvalue weighted by molar-refractivity contribution is 0.596. The van der Waals surface area contributed by atoms with E-state index in [0.717, 1.165) is 5.56 Å². The number of hydrogen-bond acceptors (Lipinski definition) is 5. The van der Waals surface area contributed by atoms with Gasteiger partial charge in [0.05, 0.1) is 10.6 Å². The molecule has 0 aliphatic heterocycles. The number of aryl methyl sites for hydroxylation is 1. The van der Waals surface area contributed by atoms with Crippen molar-refractivity contribution in [2.75, 3.05) is 17.6 Å². The zero-order valence-corrected chi connectivity index (χ0v) is 12.4. The maximum absolute atomic E-state index is 12.1. The summed E-state index contributed by atoms with van der Waals surface area (Å²) in [5, 5.41) is 11.8. The van der Waals surface area contributed by atoms with Gasteiger partial charge in [0.2, 0.25) is 0 Å². The van der Waals surface area contributed by atoms with Crippen LogP contribution in [0, 0.1) is 18.3 Å². The van der Waals surface area contributed by atoms with Gasteiger partial charge in [-0.2, -0.15) is 5.26 Å². The van der Waals surface area contributed by atoms with Gasteiger partial charge in [-0.1, -0.05) is 24.3 Å². The number of sulfone groups is 1.